The largest absolute Gasteiger partial charge is 0.341 e. The number of carbonyl (C=O) groups excluding carboxylic acids is 1. The van der Waals surface area contributed by atoms with E-state index in [1.807, 2.05) is 22.6 Å². The highest BCUT2D eigenvalue weighted by atomic mass is 127. The minimum Gasteiger partial charge on any atom is -0.341 e. The Hall–Kier alpha value is -0.440. The van der Waals surface area contributed by atoms with Gasteiger partial charge in [0.25, 0.3) is 5.91 Å². The van der Waals surface area contributed by atoms with E-state index in [9.17, 15) is 4.79 Å². The highest BCUT2D eigenvalue weighted by molar-refractivity contribution is 14.1. The predicted molar refractivity (Wildman–Crippen MR) is 70.6 cm³/mol. The molecule has 0 aliphatic heterocycles. The van der Waals surface area contributed by atoms with Crippen molar-refractivity contribution in [2.45, 2.75) is 0 Å². The van der Waals surface area contributed by atoms with Gasteiger partial charge in [0.05, 0.1) is 6.54 Å². The summed E-state index contributed by atoms with van der Waals surface area (Å²) in [7, 11) is 0. The second-order valence-corrected chi connectivity index (χ2v) is 4.02. The van der Waals surface area contributed by atoms with Crippen molar-refractivity contribution in [3.8, 4) is 9.85 Å². The van der Waals surface area contributed by atoms with Gasteiger partial charge in [-0.3, -0.25) is 4.79 Å². The molecule has 2 nitrogen and oxygen atoms in total. The Balaban J connectivity index is 2.76. The van der Waals surface area contributed by atoms with Gasteiger partial charge in [0.15, 0.2) is 0 Å². The summed E-state index contributed by atoms with van der Waals surface area (Å²) in [6.07, 6.45) is 0. The smallest absolute Gasteiger partial charge is 0.252 e. The minimum atomic E-state index is -0.237. The Morgan fingerprint density at radius 3 is 2.47 bits per heavy atom. The number of carbonyl (C=O) groups is 1. The maximum Gasteiger partial charge on any atom is 0.252 e. The fourth-order valence-corrected chi connectivity index (χ4v) is 1.66. The first-order chi connectivity index (χ1) is 7.13. The van der Waals surface area contributed by atoms with E-state index in [2.05, 4.69) is 15.2 Å². The standard InChI is InChI=1S/C10H6Cl2INO/c11-8-4-7(5-9(12)6-8)10(15)14-3-1-2-13/h4-6H,3H2,(H,14,15). The molecular weight excluding hydrogens is 348 g/mol. The molecule has 0 saturated carbocycles. The molecule has 1 aromatic carbocycles. The second-order valence-electron chi connectivity index (χ2n) is 2.61. The van der Waals surface area contributed by atoms with E-state index < -0.39 is 0 Å². The van der Waals surface area contributed by atoms with Crippen LogP contribution in [-0.2, 0) is 0 Å². The first kappa shape index (κ1) is 12.6. The van der Waals surface area contributed by atoms with Gasteiger partial charge in [0.2, 0.25) is 0 Å². The van der Waals surface area contributed by atoms with Gasteiger partial charge in [0, 0.05) is 38.2 Å². The maximum absolute atomic E-state index is 11.5. The molecule has 1 amide bonds. The molecule has 78 valence electrons. The monoisotopic (exact) mass is 353 g/mol. The number of hydrogen-bond donors (Lipinski definition) is 1. The zero-order valence-corrected chi connectivity index (χ0v) is 11.2. The Morgan fingerprint density at radius 1 is 1.33 bits per heavy atom. The van der Waals surface area contributed by atoms with Gasteiger partial charge in [-0.05, 0) is 22.1 Å². The van der Waals surface area contributed by atoms with Crippen LogP contribution in [-0.4, -0.2) is 12.5 Å². The number of benzene rings is 1. The van der Waals surface area contributed by atoms with E-state index in [1.165, 1.54) is 0 Å². The molecule has 5 heteroatoms. The van der Waals surface area contributed by atoms with Crippen molar-refractivity contribution in [1.29, 1.82) is 0 Å². The molecule has 0 atom stereocenters. The lowest BCUT2D eigenvalue weighted by atomic mass is 10.2. The van der Waals surface area contributed by atoms with Crippen molar-refractivity contribution >= 4 is 51.7 Å². The van der Waals surface area contributed by atoms with Crippen LogP contribution in [0.3, 0.4) is 0 Å². The molecule has 0 unspecified atom stereocenters. The molecule has 0 fully saturated rings. The van der Waals surface area contributed by atoms with Gasteiger partial charge in [-0.2, -0.15) is 0 Å². The van der Waals surface area contributed by atoms with Crippen molar-refractivity contribution in [3.05, 3.63) is 33.8 Å². The summed E-state index contributed by atoms with van der Waals surface area (Å²) in [6, 6.07) is 4.69. The number of hydrogen-bond acceptors (Lipinski definition) is 1. The maximum atomic E-state index is 11.5. The number of halogens is 3. The van der Waals surface area contributed by atoms with Crippen LogP contribution in [0.4, 0.5) is 0 Å². The third-order valence-electron chi connectivity index (χ3n) is 1.53. The summed E-state index contributed by atoms with van der Waals surface area (Å²) in [5.41, 5.74) is 0.433. The topological polar surface area (TPSA) is 29.1 Å². The first-order valence-corrected chi connectivity index (χ1v) is 5.79. The van der Waals surface area contributed by atoms with Crippen LogP contribution in [0, 0.1) is 9.85 Å². The van der Waals surface area contributed by atoms with Crippen LogP contribution in [0.1, 0.15) is 10.4 Å². The molecule has 0 aliphatic rings. The Bertz CT molecular complexity index is 417. The highest BCUT2D eigenvalue weighted by Crippen LogP contribution is 2.18. The van der Waals surface area contributed by atoms with E-state index >= 15 is 0 Å². The van der Waals surface area contributed by atoms with Crippen molar-refractivity contribution in [2.75, 3.05) is 6.54 Å². The Labute approximate surface area is 111 Å². The molecule has 1 N–H and O–H groups in total. The summed E-state index contributed by atoms with van der Waals surface area (Å²) >= 11 is 13.4. The molecule has 0 radical (unpaired) electrons. The quantitative estimate of drug-likeness (QED) is 0.642. The molecular formula is C10H6Cl2INO. The van der Waals surface area contributed by atoms with E-state index in [4.69, 9.17) is 23.2 Å². The van der Waals surface area contributed by atoms with Crippen molar-refractivity contribution in [3.63, 3.8) is 0 Å². The SMILES string of the molecule is O=C(NCC#CI)c1cc(Cl)cc(Cl)c1. The van der Waals surface area contributed by atoms with Crippen LogP contribution < -0.4 is 5.32 Å². The van der Waals surface area contributed by atoms with E-state index in [0.717, 1.165) is 0 Å². The van der Waals surface area contributed by atoms with Gasteiger partial charge < -0.3 is 5.32 Å². The third kappa shape index (κ3) is 4.29. The van der Waals surface area contributed by atoms with Crippen molar-refractivity contribution in [2.24, 2.45) is 0 Å². The highest BCUT2D eigenvalue weighted by Gasteiger charge is 2.06. The fourth-order valence-electron chi connectivity index (χ4n) is 0.945. The van der Waals surface area contributed by atoms with Gasteiger partial charge >= 0.3 is 0 Å². The summed E-state index contributed by atoms with van der Waals surface area (Å²) in [6.45, 7) is 0.311. The second kappa shape index (κ2) is 6.21. The fraction of sp³-hybridized carbons (Fsp3) is 0.100. The number of amides is 1. The lowest BCUT2D eigenvalue weighted by Gasteiger charge is -2.02. The molecule has 15 heavy (non-hydrogen) atoms. The van der Waals surface area contributed by atoms with Crippen molar-refractivity contribution < 1.29 is 4.79 Å². The number of rotatable bonds is 2. The molecule has 0 spiro atoms. The van der Waals surface area contributed by atoms with E-state index in [0.29, 0.717) is 22.2 Å². The zero-order valence-electron chi connectivity index (χ0n) is 7.48. The molecule has 0 heterocycles. The van der Waals surface area contributed by atoms with Gasteiger partial charge in [0.1, 0.15) is 0 Å². The van der Waals surface area contributed by atoms with Gasteiger partial charge in [-0.25, -0.2) is 0 Å². The van der Waals surface area contributed by atoms with Crippen molar-refractivity contribution in [1.82, 2.24) is 5.32 Å². The first-order valence-electron chi connectivity index (χ1n) is 3.96. The lowest BCUT2D eigenvalue weighted by molar-refractivity contribution is 0.0958. The van der Waals surface area contributed by atoms with Crippen LogP contribution in [0.15, 0.2) is 18.2 Å². The third-order valence-corrected chi connectivity index (χ3v) is 2.35. The molecule has 1 rings (SSSR count). The molecule has 0 aliphatic carbocycles. The molecule has 0 saturated heterocycles. The Kier molecular flexibility index (Phi) is 5.23. The minimum absolute atomic E-state index is 0.237. The Morgan fingerprint density at radius 2 is 1.93 bits per heavy atom. The molecule has 1 aromatic rings. The normalized spacial score (nSPS) is 9.00. The van der Waals surface area contributed by atoms with Crippen LogP contribution >= 0.6 is 45.8 Å². The zero-order chi connectivity index (χ0) is 11.3. The van der Waals surface area contributed by atoms with Gasteiger partial charge in [-0.1, -0.05) is 29.1 Å². The average Bonchev–Trinajstić information content (AvgIpc) is 2.16. The predicted octanol–water partition coefficient (Wildman–Crippen LogP) is 3.12. The molecule has 0 bridgehead atoms. The molecule has 0 aromatic heterocycles. The summed E-state index contributed by atoms with van der Waals surface area (Å²) in [5.74, 6) is 2.48. The lowest BCUT2D eigenvalue weighted by Crippen LogP contribution is -2.23. The van der Waals surface area contributed by atoms with E-state index in [-0.39, 0.29) is 5.91 Å². The number of nitrogens with one attached hydrogen (secondary N) is 1. The van der Waals surface area contributed by atoms with Gasteiger partial charge in [-0.15, -0.1) is 0 Å². The summed E-state index contributed by atoms with van der Waals surface area (Å²) in [4.78, 5) is 11.5. The average molecular weight is 354 g/mol. The van der Waals surface area contributed by atoms with Crippen LogP contribution in [0.5, 0.6) is 0 Å². The van der Waals surface area contributed by atoms with Crippen LogP contribution in [0.2, 0.25) is 10.0 Å². The summed E-state index contributed by atoms with van der Waals surface area (Å²) in [5, 5.41) is 3.49. The van der Waals surface area contributed by atoms with E-state index in [1.54, 1.807) is 18.2 Å². The van der Waals surface area contributed by atoms with Crippen LogP contribution in [0.25, 0.3) is 0 Å². The summed E-state index contributed by atoms with van der Waals surface area (Å²) < 4.78 is 2.65.